The van der Waals surface area contributed by atoms with E-state index >= 15 is 0 Å². The van der Waals surface area contributed by atoms with Crippen molar-refractivity contribution in [1.29, 1.82) is 0 Å². The molecule has 6 heteroatoms. The van der Waals surface area contributed by atoms with Crippen molar-refractivity contribution in [2.45, 2.75) is 31.7 Å². The molecule has 3 rings (SSSR count). The van der Waals surface area contributed by atoms with Crippen molar-refractivity contribution in [2.24, 2.45) is 11.7 Å². The summed E-state index contributed by atoms with van der Waals surface area (Å²) in [5.74, 6) is -0.108. The fourth-order valence-electron chi connectivity index (χ4n) is 3.54. The number of carbonyl (C=O) groups excluding carboxylic acids is 2. The van der Waals surface area contributed by atoms with Gasteiger partial charge in [-0.3, -0.25) is 14.5 Å². The number of primary amides is 1. The monoisotopic (exact) mass is 321 g/mol. The first-order chi connectivity index (χ1) is 10.6. The van der Waals surface area contributed by atoms with Crippen LogP contribution >= 0.6 is 11.3 Å². The Labute approximate surface area is 135 Å². The van der Waals surface area contributed by atoms with Crippen LogP contribution < -0.4 is 5.73 Å². The first-order valence-corrected chi connectivity index (χ1v) is 8.92. The molecule has 2 aliphatic rings. The molecule has 22 heavy (non-hydrogen) atoms. The number of nitrogens with zero attached hydrogens (tertiary/aromatic N) is 2. The number of hydrogen-bond acceptors (Lipinski definition) is 4. The smallest absolute Gasteiger partial charge is 0.236 e. The maximum Gasteiger partial charge on any atom is 0.236 e. The van der Waals surface area contributed by atoms with E-state index < -0.39 is 0 Å². The third-order valence-electron chi connectivity index (χ3n) is 4.88. The predicted molar refractivity (Wildman–Crippen MR) is 86.4 cm³/mol. The van der Waals surface area contributed by atoms with Gasteiger partial charge in [-0.2, -0.15) is 11.3 Å². The average molecular weight is 321 g/mol. The third kappa shape index (κ3) is 3.33. The number of piperidine rings is 1. The number of thiophene rings is 1. The number of rotatable bonds is 4. The molecule has 120 valence electrons. The zero-order chi connectivity index (χ0) is 15.5. The maximum atomic E-state index is 12.5. The lowest BCUT2D eigenvalue weighted by Crippen LogP contribution is -2.45. The standard InChI is InChI=1S/C16H23N3O2S/c17-16(21)12-3-7-18(8-4-12)15(20)10-19-6-1-2-14(19)13-5-9-22-11-13/h5,9,11-12,14H,1-4,6-8,10H2,(H2,17,21)/t14-/m1/s1. The maximum absolute atomic E-state index is 12.5. The molecule has 0 aliphatic carbocycles. The lowest BCUT2D eigenvalue weighted by atomic mass is 9.96. The van der Waals surface area contributed by atoms with E-state index in [1.165, 1.54) is 5.56 Å². The Kier molecular flexibility index (Phi) is 4.78. The Bertz CT molecular complexity index is 524. The molecule has 3 heterocycles. The number of amides is 2. The first kappa shape index (κ1) is 15.5. The van der Waals surface area contributed by atoms with E-state index in [2.05, 4.69) is 21.7 Å². The molecule has 2 fully saturated rings. The second kappa shape index (κ2) is 6.79. The van der Waals surface area contributed by atoms with Crippen LogP contribution in [0.4, 0.5) is 0 Å². The second-order valence-corrected chi connectivity index (χ2v) is 7.02. The van der Waals surface area contributed by atoms with Gasteiger partial charge in [-0.1, -0.05) is 0 Å². The Hall–Kier alpha value is -1.40. The van der Waals surface area contributed by atoms with Crippen molar-refractivity contribution < 1.29 is 9.59 Å². The van der Waals surface area contributed by atoms with Crippen LogP contribution in [-0.4, -0.2) is 47.8 Å². The van der Waals surface area contributed by atoms with E-state index in [9.17, 15) is 9.59 Å². The van der Waals surface area contributed by atoms with Gasteiger partial charge in [0.25, 0.3) is 0 Å². The summed E-state index contributed by atoms with van der Waals surface area (Å²) in [6.45, 7) is 2.79. The molecule has 0 saturated carbocycles. The van der Waals surface area contributed by atoms with Crippen LogP contribution in [0.25, 0.3) is 0 Å². The Morgan fingerprint density at radius 2 is 2.00 bits per heavy atom. The van der Waals surface area contributed by atoms with Gasteiger partial charge in [0.05, 0.1) is 6.54 Å². The molecule has 0 aromatic carbocycles. The number of carbonyl (C=O) groups is 2. The van der Waals surface area contributed by atoms with Crippen molar-refractivity contribution in [3.8, 4) is 0 Å². The van der Waals surface area contributed by atoms with E-state index in [1.54, 1.807) is 11.3 Å². The number of likely N-dealkylation sites (tertiary alicyclic amines) is 2. The fraction of sp³-hybridized carbons (Fsp3) is 0.625. The third-order valence-corrected chi connectivity index (χ3v) is 5.58. The van der Waals surface area contributed by atoms with E-state index in [0.29, 0.717) is 38.5 Å². The lowest BCUT2D eigenvalue weighted by Gasteiger charge is -2.33. The predicted octanol–water partition coefficient (Wildman–Crippen LogP) is 1.61. The van der Waals surface area contributed by atoms with Crippen molar-refractivity contribution in [3.05, 3.63) is 22.4 Å². The van der Waals surface area contributed by atoms with E-state index in [4.69, 9.17) is 5.73 Å². The highest BCUT2D eigenvalue weighted by atomic mass is 32.1. The lowest BCUT2D eigenvalue weighted by molar-refractivity contribution is -0.136. The largest absolute Gasteiger partial charge is 0.369 e. The summed E-state index contributed by atoms with van der Waals surface area (Å²) in [6, 6.07) is 2.55. The van der Waals surface area contributed by atoms with E-state index in [1.807, 2.05) is 4.90 Å². The van der Waals surface area contributed by atoms with Crippen LogP contribution in [-0.2, 0) is 9.59 Å². The SMILES string of the molecule is NC(=O)C1CCN(C(=O)CN2CCC[C@@H]2c2ccsc2)CC1. The van der Waals surface area contributed by atoms with Gasteiger partial charge in [0.2, 0.25) is 11.8 Å². The van der Waals surface area contributed by atoms with Crippen molar-refractivity contribution in [2.75, 3.05) is 26.2 Å². The molecule has 5 nitrogen and oxygen atoms in total. The van der Waals surface area contributed by atoms with Crippen LogP contribution in [0, 0.1) is 5.92 Å². The topological polar surface area (TPSA) is 66.6 Å². The molecule has 2 aliphatic heterocycles. The zero-order valence-corrected chi connectivity index (χ0v) is 13.6. The average Bonchev–Trinajstić information content (AvgIpc) is 3.18. The summed E-state index contributed by atoms with van der Waals surface area (Å²) < 4.78 is 0. The Balaban J connectivity index is 1.54. The molecular weight excluding hydrogens is 298 g/mol. The number of hydrogen-bond donors (Lipinski definition) is 1. The summed E-state index contributed by atoms with van der Waals surface area (Å²) in [5, 5.41) is 4.29. The molecule has 2 saturated heterocycles. The van der Waals surface area contributed by atoms with Crippen LogP contribution in [0.1, 0.15) is 37.3 Å². The highest BCUT2D eigenvalue weighted by Gasteiger charge is 2.31. The summed E-state index contributed by atoms with van der Waals surface area (Å²) in [7, 11) is 0. The van der Waals surface area contributed by atoms with Crippen LogP contribution in [0.2, 0.25) is 0 Å². The number of nitrogens with two attached hydrogens (primary N) is 1. The minimum atomic E-state index is -0.232. The summed E-state index contributed by atoms with van der Waals surface area (Å²) in [4.78, 5) is 27.9. The fourth-order valence-corrected chi connectivity index (χ4v) is 4.25. The normalized spacial score (nSPS) is 23.8. The molecule has 2 amide bonds. The quantitative estimate of drug-likeness (QED) is 0.916. The van der Waals surface area contributed by atoms with Gasteiger partial charge < -0.3 is 10.6 Å². The zero-order valence-electron chi connectivity index (χ0n) is 12.7. The first-order valence-electron chi connectivity index (χ1n) is 7.98. The molecule has 0 radical (unpaired) electrons. The highest BCUT2D eigenvalue weighted by Crippen LogP contribution is 2.32. The second-order valence-electron chi connectivity index (χ2n) is 6.24. The van der Waals surface area contributed by atoms with Crippen molar-refractivity contribution in [3.63, 3.8) is 0 Å². The summed E-state index contributed by atoms with van der Waals surface area (Å²) >= 11 is 1.71. The minimum absolute atomic E-state index is 0.0607. The van der Waals surface area contributed by atoms with Crippen LogP contribution in [0.3, 0.4) is 0 Å². The van der Waals surface area contributed by atoms with Gasteiger partial charge in [-0.15, -0.1) is 0 Å². The van der Waals surface area contributed by atoms with E-state index in [-0.39, 0.29) is 17.7 Å². The van der Waals surface area contributed by atoms with Crippen LogP contribution in [0.15, 0.2) is 16.8 Å². The summed E-state index contributed by atoms with van der Waals surface area (Å²) in [5.41, 5.74) is 6.68. The molecule has 1 aromatic rings. The highest BCUT2D eigenvalue weighted by molar-refractivity contribution is 7.07. The van der Waals surface area contributed by atoms with Gasteiger partial charge in [-0.25, -0.2) is 0 Å². The Morgan fingerprint density at radius 3 is 2.64 bits per heavy atom. The Morgan fingerprint density at radius 1 is 1.23 bits per heavy atom. The molecule has 0 unspecified atom stereocenters. The molecule has 0 spiro atoms. The van der Waals surface area contributed by atoms with E-state index in [0.717, 1.165) is 19.4 Å². The molecule has 2 N–H and O–H groups in total. The van der Waals surface area contributed by atoms with Gasteiger partial charge >= 0.3 is 0 Å². The molecule has 0 bridgehead atoms. The molecular formula is C16H23N3O2S. The molecule has 1 atom stereocenters. The van der Waals surface area contributed by atoms with Gasteiger partial charge in [-0.05, 0) is 54.6 Å². The summed E-state index contributed by atoms with van der Waals surface area (Å²) in [6.07, 6.45) is 3.69. The van der Waals surface area contributed by atoms with Crippen LogP contribution in [0.5, 0.6) is 0 Å². The van der Waals surface area contributed by atoms with Gasteiger partial charge in [0, 0.05) is 25.0 Å². The van der Waals surface area contributed by atoms with Gasteiger partial charge in [0.15, 0.2) is 0 Å². The minimum Gasteiger partial charge on any atom is -0.369 e. The van der Waals surface area contributed by atoms with Crippen molar-refractivity contribution >= 4 is 23.2 Å². The molecule has 1 aromatic heterocycles. The van der Waals surface area contributed by atoms with Crippen molar-refractivity contribution in [1.82, 2.24) is 9.80 Å². The van der Waals surface area contributed by atoms with Gasteiger partial charge in [0.1, 0.15) is 0 Å².